The minimum Gasteiger partial charge on any atom is -0.328 e. The van der Waals surface area contributed by atoms with Crippen molar-refractivity contribution < 1.29 is 4.79 Å². The first-order valence-corrected chi connectivity index (χ1v) is 10.8. The molecule has 2 aromatic heterocycles. The molecule has 0 atom stereocenters. The van der Waals surface area contributed by atoms with Crippen LogP contribution in [0.2, 0.25) is 0 Å². The molecule has 1 N–H and O–H groups in total. The SMILES string of the molecule is Cc1ccc(Sc2ccc(NC(=O)Cn3c(=O)c4c(ncn4C)n(C)c3=O)cc2)c(C)c1. The van der Waals surface area contributed by atoms with Gasteiger partial charge in [-0.25, -0.2) is 14.3 Å². The Morgan fingerprint density at radius 1 is 1.06 bits per heavy atom. The smallest absolute Gasteiger partial charge is 0.328 e. The van der Waals surface area contributed by atoms with Gasteiger partial charge in [-0.05, 0) is 49.7 Å². The fraction of sp³-hybridized carbons (Fsp3) is 0.217. The van der Waals surface area contributed by atoms with Gasteiger partial charge in [0.2, 0.25) is 5.91 Å². The van der Waals surface area contributed by atoms with Crippen molar-refractivity contribution in [3.63, 3.8) is 0 Å². The average Bonchev–Trinajstić information content (AvgIpc) is 3.15. The Bertz CT molecular complexity index is 1450. The molecule has 32 heavy (non-hydrogen) atoms. The van der Waals surface area contributed by atoms with E-state index < -0.39 is 17.2 Å². The molecule has 164 valence electrons. The number of rotatable bonds is 5. The van der Waals surface area contributed by atoms with Gasteiger partial charge in [-0.15, -0.1) is 0 Å². The van der Waals surface area contributed by atoms with Crippen LogP contribution < -0.4 is 16.6 Å². The first-order chi connectivity index (χ1) is 15.2. The Morgan fingerprint density at radius 3 is 2.47 bits per heavy atom. The highest BCUT2D eigenvalue weighted by atomic mass is 32.2. The molecular formula is C23H23N5O3S. The molecule has 0 radical (unpaired) electrons. The number of aryl methyl sites for hydroxylation is 4. The fourth-order valence-corrected chi connectivity index (χ4v) is 4.41. The van der Waals surface area contributed by atoms with Gasteiger partial charge in [-0.3, -0.25) is 14.2 Å². The zero-order valence-corrected chi connectivity index (χ0v) is 19.1. The van der Waals surface area contributed by atoms with Crippen molar-refractivity contribution >= 4 is 34.5 Å². The molecule has 0 saturated heterocycles. The number of anilines is 1. The number of imidazole rings is 1. The molecule has 4 rings (SSSR count). The van der Waals surface area contributed by atoms with Crippen molar-refractivity contribution in [3.8, 4) is 0 Å². The Labute approximate surface area is 188 Å². The molecule has 0 bridgehead atoms. The molecule has 4 aromatic rings. The van der Waals surface area contributed by atoms with Gasteiger partial charge < -0.3 is 9.88 Å². The van der Waals surface area contributed by atoms with E-state index in [9.17, 15) is 14.4 Å². The zero-order chi connectivity index (χ0) is 23.0. The Kier molecular flexibility index (Phi) is 5.75. The van der Waals surface area contributed by atoms with Gasteiger partial charge in [0, 0.05) is 29.6 Å². The summed E-state index contributed by atoms with van der Waals surface area (Å²) in [7, 11) is 3.20. The van der Waals surface area contributed by atoms with Crippen LogP contribution in [0.25, 0.3) is 11.2 Å². The molecule has 8 nitrogen and oxygen atoms in total. The van der Waals surface area contributed by atoms with E-state index in [2.05, 4.69) is 42.3 Å². The number of amides is 1. The maximum atomic E-state index is 12.7. The van der Waals surface area contributed by atoms with E-state index in [4.69, 9.17) is 0 Å². The van der Waals surface area contributed by atoms with Crippen LogP contribution in [0.4, 0.5) is 5.69 Å². The van der Waals surface area contributed by atoms with E-state index in [-0.39, 0.29) is 17.7 Å². The summed E-state index contributed by atoms with van der Waals surface area (Å²) < 4.78 is 3.73. The van der Waals surface area contributed by atoms with E-state index in [0.717, 1.165) is 9.46 Å². The lowest BCUT2D eigenvalue weighted by Crippen LogP contribution is -2.42. The van der Waals surface area contributed by atoms with Crippen molar-refractivity contribution in [2.75, 3.05) is 5.32 Å². The lowest BCUT2D eigenvalue weighted by atomic mass is 10.2. The predicted octanol–water partition coefficient (Wildman–Crippen LogP) is 2.84. The number of hydrogen-bond acceptors (Lipinski definition) is 5. The van der Waals surface area contributed by atoms with Gasteiger partial charge in [0.05, 0.1) is 6.33 Å². The summed E-state index contributed by atoms with van der Waals surface area (Å²) in [4.78, 5) is 44.2. The molecule has 1 amide bonds. The lowest BCUT2D eigenvalue weighted by molar-refractivity contribution is -0.116. The van der Waals surface area contributed by atoms with Gasteiger partial charge in [0.25, 0.3) is 5.56 Å². The van der Waals surface area contributed by atoms with Crippen LogP contribution in [0, 0.1) is 13.8 Å². The maximum Gasteiger partial charge on any atom is 0.332 e. The van der Waals surface area contributed by atoms with E-state index in [1.54, 1.807) is 30.9 Å². The molecule has 2 heterocycles. The van der Waals surface area contributed by atoms with Crippen molar-refractivity contribution in [1.29, 1.82) is 0 Å². The van der Waals surface area contributed by atoms with Crippen molar-refractivity contribution in [3.05, 3.63) is 80.8 Å². The summed E-state index contributed by atoms with van der Waals surface area (Å²) in [6.07, 6.45) is 1.47. The highest BCUT2D eigenvalue weighted by Crippen LogP contribution is 2.31. The van der Waals surface area contributed by atoms with E-state index in [1.165, 1.54) is 38.5 Å². The van der Waals surface area contributed by atoms with Crippen LogP contribution in [0.5, 0.6) is 0 Å². The molecule has 0 unspecified atom stereocenters. The summed E-state index contributed by atoms with van der Waals surface area (Å²) in [5.41, 5.74) is 2.46. The second-order valence-electron chi connectivity index (χ2n) is 7.70. The van der Waals surface area contributed by atoms with Gasteiger partial charge in [-0.1, -0.05) is 29.5 Å². The standard InChI is InChI=1S/C23H23N5O3S/c1-14-5-10-18(15(2)11-14)32-17-8-6-16(7-9-17)25-19(29)12-28-22(30)20-21(24-13-26(20)3)27(4)23(28)31/h5-11,13H,12H2,1-4H3,(H,25,29). The normalized spacial score (nSPS) is 11.1. The number of nitrogens with zero attached hydrogens (tertiary/aromatic N) is 4. The number of carbonyl (C=O) groups is 1. The highest BCUT2D eigenvalue weighted by Gasteiger charge is 2.17. The third-order valence-corrected chi connectivity index (χ3v) is 6.38. The van der Waals surface area contributed by atoms with Crippen molar-refractivity contribution in [2.45, 2.75) is 30.2 Å². The fourth-order valence-electron chi connectivity index (χ4n) is 3.53. The number of aromatic nitrogens is 4. The number of benzene rings is 2. The van der Waals surface area contributed by atoms with E-state index in [0.29, 0.717) is 5.69 Å². The van der Waals surface area contributed by atoms with E-state index >= 15 is 0 Å². The topological polar surface area (TPSA) is 90.9 Å². The van der Waals surface area contributed by atoms with E-state index in [1.807, 2.05) is 12.1 Å². The summed E-state index contributed by atoms with van der Waals surface area (Å²) in [5, 5.41) is 2.75. The third kappa shape index (κ3) is 4.11. The summed E-state index contributed by atoms with van der Waals surface area (Å²) in [5.74, 6) is -0.458. The largest absolute Gasteiger partial charge is 0.332 e. The van der Waals surface area contributed by atoms with Gasteiger partial charge in [-0.2, -0.15) is 0 Å². The summed E-state index contributed by atoms with van der Waals surface area (Å²) in [6.45, 7) is 3.77. The van der Waals surface area contributed by atoms with Crippen LogP contribution in [-0.2, 0) is 25.4 Å². The minimum absolute atomic E-state index is 0.271. The number of carbonyl (C=O) groups excluding carboxylic acids is 1. The monoisotopic (exact) mass is 449 g/mol. The molecule has 9 heteroatoms. The second-order valence-corrected chi connectivity index (χ2v) is 8.82. The Morgan fingerprint density at radius 2 is 1.78 bits per heavy atom. The number of nitrogens with one attached hydrogen (secondary N) is 1. The lowest BCUT2D eigenvalue weighted by Gasteiger charge is -2.10. The second kappa shape index (κ2) is 8.51. The molecular weight excluding hydrogens is 426 g/mol. The summed E-state index contributed by atoms with van der Waals surface area (Å²) >= 11 is 1.65. The highest BCUT2D eigenvalue weighted by molar-refractivity contribution is 7.99. The van der Waals surface area contributed by atoms with Gasteiger partial charge in [0.1, 0.15) is 6.54 Å². The van der Waals surface area contributed by atoms with Crippen LogP contribution in [0.3, 0.4) is 0 Å². The Hall–Kier alpha value is -3.59. The molecule has 2 aromatic carbocycles. The van der Waals surface area contributed by atoms with Crippen LogP contribution in [0.1, 0.15) is 11.1 Å². The Balaban J connectivity index is 1.50. The molecule has 0 fully saturated rings. The third-order valence-electron chi connectivity index (χ3n) is 5.20. The first kappa shape index (κ1) is 21.6. The molecule has 0 aliphatic carbocycles. The quantitative estimate of drug-likeness (QED) is 0.506. The van der Waals surface area contributed by atoms with Gasteiger partial charge in [0.15, 0.2) is 11.2 Å². The van der Waals surface area contributed by atoms with Crippen molar-refractivity contribution in [1.82, 2.24) is 18.7 Å². The maximum absolute atomic E-state index is 12.7. The number of hydrogen-bond donors (Lipinski definition) is 1. The number of fused-ring (bicyclic) bond motifs is 1. The molecule has 0 spiro atoms. The van der Waals surface area contributed by atoms with Crippen molar-refractivity contribution in [2.24, 2.45) is 14.1 Å². The molecule has 0 saturated carbocycles. The minimum atomic E-state index is -0.587. The van der Waals surface area contributed by atoms with Gasteiger partial charge >= 0.3 is 5.69 Å². The molecule has 0 aliphatic heterocycles. The average molecular weight is 450 g/mol. The molecule has 0 aliphatic rings. The first-order valence-electron chi connectivity index (χ1n) is 10.0. The summed E-state index contributed by atoms with van der Waals surface area (Å²) in [6, 6.07) is 13.8. The van der Waals surface area contributed by atoms with Crippen LogP contribution >= 0.6 is 11.8 Å². The van der Waals surface area contributed by atoms with Crippen LogP contribution in [0.15, 0.2) is 68.2 Å². The zero-order valence-electron chi connectivity index (χ0n) is 18.2. The van der Waals surface area contributed by atoms with Crippen LogP contribution in [-0.4, -0.2) is 24.6 Å². The predicted molar refractivity (Wildman–Crippen MR) is 125 cm³/mol.